The molecule has 0 fully saturated rings. The maximum Gasteiger partial charge on any atom is 0.253 e. The second-order valence-corrected chi connectivity index (χ2v) is 4.82. The fourth-order valence-corrected chi connectivity index (χ4v) is 1.90. The first-order valence-electron chi connectivity index (χ1n) is 6.87. The van der Waals surface area contributed by atoms with Crippen molar-refractivity contribution in [2.45, 2.75) is 45.8 Å². The summed E-state index contributed by atoms with van der Waals surface area (Å²) in [6.45, 7) is 5.79. The molecule has 1 rings (SSSR count). The highest BCUT2D eigenvalue weighted by Gasteiger charge is 2.17. The molecule has 1 aromatic carbocycles. The lowest BCUT2D eigenvalue weighted by atomic mass is 10.2. The first kappa shape index (κ1) is 16.3. The summed E-state index contributed by atoms with van der Waals surface area (Å²) in [5, 5.41) is 2.76. The lowest BCUT2D eigenvalue weighted by molar-refractivity contribution is -0.129. The number of ether oxygens (including phenoxy) is 2. The van der Waals surface area contributed by atoms with Crippen molar-refractivity contribution in [3.05, 3.63) is 18.2 Å². The van der Waals surface area contributed by atoms with Gasteiger partial charge in [-0.2, -0.15) is 0 Å². The van der Waals surface area contributed by atoms with Crippen LogP contribution in [-0.2, 0) is 9.53 Å². The number of nitrogens with two attached hydrogens (primary N) is 1. The Morgan fingerprint density at radius 3 is 2.65 bits per heavy atom. The topological polar surface area (TPSA) is 73.6 Å². The SMILES string of the molecule is CCCC(C)OC(C)C(=O)Nc1ccc(OC)cc1N. The Morgan fingerprint density at radius 1 is 1.40 bits per heavy atom. The van der Waals surface area contributed by atoms with Gasteiger partial charge in [-0.15, -0.1) is 0 Å². The zero-order valence-corrected chi connectivity index (χ0v) is 12.6. The molecule has 0 saturated carbocycles. The minimum absolute atomic E-state index is 0.0639. The van der Waals surface area contributed by atoms with Gasteiger partial charge in [-0.3, -0.25) is 4.79 Å². The van der Waals surface area contributed by atoms with Gasteiger partial charge < -0.3 is 20.5 Å². The molecule has 1 amide bonds. The zero-order valence-electron chi connectivity index (χ0n) is 12.6. The summed E-state index contributed by atoms with van der Waals surface area (Å²) in [5.74, 6) is 0.450. The Morgan fingerprint density at radius 2 is 2.10 bits per heavy atom. The summed E-state index contributed by atoms with van der Waals surface area (Å²) in [6.07, 6.45) is 1.51. The van der Waals surface area contributed by atoms with Crippen LogP contribution in [0.4, 0.5) is 11.4 Å². The van der Waals surface area contributed by atoms with Crippen molar-refractivity contribution < 1.29 is 14.3 Å². The largest absolute Gasteiger partial charge is 0.497 e. The smallest absolute Gasteiger partial charge is 0.253 e. The number of rotatable bonds is 7. The van der Waals surface area contributed by atoms with E-state index >= 15 is 0 Å². The van der Waals surface area contributed by atoms with Gasteiger partial charge in [-0.05, 0) is 32.4 Å². The van der Waals surface area contributed by atoms with Crippen LogP contribution in [0.1, 0.15) is 33.6 Å². The number of methoxy groups -OCH3 is 1. The molecular weight excluding hydrogens is 256 g/mol. The molecule has 5 nitrogen and oxygen atoms in total. The standard InChI is InChI=1S/C15H24N2O3/c1-5-6-10(2)20-11(3)15(18)17-14-8-7-12(19-4)9-13(14)16/h7-11H,5-6,16H2,1-4H3,(H,17,18). The average molecular weight is 280 g/mol. The number of carbonyl (C=O) groups excluding carboxylic acids is 1. The number of hydrogen-bond acceptors (Lipinski definition) is 4. The van der Waals surface area contributed by atoms with E-state index in [2.05, 4.69) is 12.2 Å². The molecule has 0 aliphatic rings. The Hall–Kier alpha value is -1.75. The number of anilines is 2. The minimum atomic E-state index is -0.516. The van der Waals surface area contributed by atoms with E-state index in [9.17, 15) is 4.79 Å². The van der Waals surface area contributed by atoms with Gasteiger partial charge in [0.25, 0.3) is 5.91 Å². The molecule has 0 aromatic heterocycles. The highest BCUT2D eigenvalue weighted by molar-refractivity contribution is 5.96. The van der Waals surface area contributed by atoms with Crippen LogP contribution in [0.3, 0.4) is 0 Å². The highest BCUT2D eigenvalue weighted by atomic mass is 16.5. The molecule has 0 spiro atoms. The lowest BCUT2D eigenvalue weighted by Gasteiger charge is -2.19. The van der Waals surface area contributed by atoms with Crippen molar-refractivity contribution in [1.82, 2.24) is 0 Å². The van der Waals surface area contributed by atoms with E-state index < -0.39 is 6.10 Å². The van der Waals surface area contributed by atoms with Crippen LogP contribution in [0.5, 0.6) is 5.75 Å². The van der Waals surface area contributed by atoms with Gasteiger partial charge >= 0.3 is 0 Å². The number of nitrogens with one attached hydrogen (secondary N) is 1. The summed E-state index contributed by atoms with van der Waals surface area (Å²) in [4.78, 5) is 12.0. The van der Waals surface area contributed by atoms with Crippen LogP contribution in [0.15, 0.2) is 18.2 Å². The van der Waals surface area contributed by atoms with Crippen LogP contribution in [0.2, 0.25) is 0 Å². The highest BCUT2D eigenvalue weighted by Crippen LogP contribution is 2.24. The van der Waals surface area contributed by atoms with Gasteiger partial charge in [-0.1, -0.05) is 13.3 Å². The molecule has 0 saturated heterocycles. The van der Waals surface area contributed by atoms with Crippen molar-refractivity contribution in [3.63, 3.8) is 0 Å². The number of hydrogen-bond donors (Lipinski definition) is 2. The van der Waals surface area contributed by atoms with E-state index in [0.717, 1.165) is 12.8 Å². The zero-order chi connectivity index (χ0) is 15.1. The van der Waals surface area contributed by atoms with Gasteiger partial charge in [0.05, 0.1) is 24.6 Å². The number of nitrogen functional groups attached to an aromatic ring is 1. The summed E-state index contributed by atoms with van der Waals surface area (Å²) in [6, 6.07) is 5.13. The van der Waals surface area contributed by atoms with Crippen molar-refractivity contribution in [1.29, 1.82) is 0 Å². The Bertz CT molecular complexity index is 449. The Kier molecular flexibility index (Phi) is 6.31. The molecule has 0 radical (unpaired) electrons. The van der Waals surface area contributed by atoms with Gasteiger partial charge in [0.2, 0.25) is 0 Å². The minimum Gasteiger partial charge on any atom is -0.497 e. The second kappa shape index (κ2) is 7.75. The predicted molar refractivity (Wildman–Crippen MR) is 81.0 cm³/mol. The average Bonchev–Trinajstić information content (AvgIpc) is 2.41. The number of benzene rings is 1. The molecule has 112 valence electrons. The lowest BCUT2D eigenvalue weighted by Crippen LogP contribution is -2.31. The quantitative estimate of drug-likeness (QED) is 0.753. The molecule has 0 aliphatic carbocycles. The number of amides is 1. The molecule has 1 aromatic rings. The maximum absolute atomic E-state index is 12.0. The van der Waals surface area contributed by atoms with Gasteiger partial charge in [0.15, 0.2) is 0 Å². The molecule has 0 aliphatic heterocycles. The molecule has 5 heteroatoms. The number of carbonyl (C=O) groups is 1. The summed E-state index contributed by atoms with van der Waals surface area (Å²) < 4.78 is 10.7. The molecule has 20 heavy (non-hydrogen) atoms. The predicted octanol–water partition coefficient (Wildman–Crippen LogP) is 2.81. The van der Waals surface area contributed by atoms with Crippen LogP contribution in [0.25, 0.3) is 0 Å². The fraction of sp³-hybridized carbons (Fsp3) is 0.533. The van der Waals surface area contributed by atoms with Crippen LogP contribution in [0, 0.1) is 0 Å². The van der Waals surface area contributed by atoms with Crippen LogP contribution >= 0.6 is 0 Å². The normalized spacial score (nSPS) is 13.6. The van der Waals surface area contributed by atoms with Gasteiger partial charge in [-0.25, -0.2) is 0 Å². The van der Waals surface area contributed by atoms with E-state index in [-0.39, 0.29) is 12.0 Å². The maximum atomic E-state index is 12.0. The van der Waals surface area contributed by atoms with Crippen molar-refractivity contribution in [2.75, 3.05) is 18.2 Å². The van der Waals surface area contributed by atoms with E-state index in [1.165, 1.54) is 0 Å². The molecule has 2 unspecified atom stereocenters. The van der Waals surface area contributed by atoms with E-state index in [4.69, 9.17) is 15.2 Å². The Labute approximate surface area is 120 Å². The summed E-state index contributed by atoms with van der Waals surface area (Å²) in [7, 11) is 1.57. The van der Waals surface area contributed by atoms with Crippen molar-refractivity contribution in [3.8, 4) is 5.75 Å². The fourth-order valence-electron chi connectivity index (χ4n) is 1.90. The summed E-state index contributed by atoms with van der Waals surface area (Å²) in [5.41, 5.74) is 6.89. The van der Waals surface area contributed by atoms with Crippen LogP contribution < -0.4 is 15.8 Å². The van der Waals surface area contributed by atoms with E-state index in [1.807, 2.05) is 6.92 Å². The molecule has 2 atom stereocenters. The summed E-state index contributed by atoms with van der Waals surface area (Å²) >= 11 is 0. The molecule has 0 bridgehead atoms. The molecular formula is C15H24N2O3. The Balaban J connectivity index is 2.61. The second-order valence-electron chi connectivity index (χ2n) is 4.82. The van der Waals surface area contributed by atoms with E-state index in [0.29, 0.717) is 17.1 Å². The molecule has 3 N–H and O–H groups in total. The van der Waals surface area contributed by atoms with Crippen molar-refractivity contribution in [2.24, 2.45) is 0 Å². The molecule has 0 heterocycles. The third kappa shape index (κ3) is 4.74. The van der Waals surface area contributed by atoms with Gasteiger partial charge in [0, 0.05) is 6.07 Å². The van der Waals surface area contributed by atoms with Crippen LogP contribution in [-0.4, -0.2) is 25.2 Å². The first-order valence-corrected chi connectivity index (χ1v) is 6.87. The third-order valence-corrected chi connectivity index (χ3v) is 3.02. The van der Waals surface area contributed by atoms with Gasteiger partial charge in [0.1, 0.15) is 11.9 Å². The third-order valence-electron chi connectivity index (χ3n) is 3.02. The van der Waals surface area contributed by atoms with E-state index in [1.54, 1.807) is 32.2 Å². The van der Waals surface area contributed by atoms with Crippen molar-refractivity contribution >= 4 is 17.3 Å². The monoisotopic (exact) mass is 280 g/mol. The first-order chi connectivity index (χ1) is 9.47.